The maximum absolute atomic E-state index is 11.4. The molecule has 1 aromatic carbocycles. The summed E-state index contributed by atoms with van der Waals surface area (Å²) in [5.74, 6) is 0.872. The molecule has 0 aliphatic carbocycles. The number of rotatable bonds is 6. The summed E-state index contributed by atoms with van der Waals surface area (Å²) in [5.41, 5.74) is 0.975. The predicted octanol–water partition coefficient (Wildman–Crippen LogP) is 0.990. The molecule has 0 fully saturated rings. The highest BCUT2D eigenvalue weighted by Crippen LogP contribution is 2.19. The van der Waals surface area contributed by atoms with Crippen LogP contribution >= 0.6 is 0 Å². The van der Waals surface area contributed by atoms with Crippen molar-refractivity contribution >= 4 is 11.7 Å². The lowest BCUT2D eigenvalue weighted by atomic mass is 10.1. The molecule has 0 radical (unpaired) electrons. The summed E-state index contributed by atoms with van der Waals surface area (Å²) < 4.78 is 5.12. The van der Waals surface area contributed by atoms with Crippen LogP contribution < -0.4 is 15.4 Å². The second-order valence-electron chi connectivity index (χ2n) is 4.56. The Labute approximate surface area is 128 Å². The number of anilines is 1. The van der Waals surface area contributed by atoms with E-state index in [9.17, 15) is 9.90 Å². The summed E-state index contributed by atoms with van der Waals surface area (Å²) in [7, 11) is 3.11. The molecular weight excluding hydrogens is 284 g/mol. The molecule has 0 aliphatic rings. The summed E-state index contributed by atoms with van der Waals surface area (Å²) in [6.45, 7) is 0.265. The van der Waals surface area contributed by atoms with Crippen molar-refractivity contribution in [2.75, 3.05) is 26.0 Å². The van der Waals surface area contributed by atoms with E-state index in [2.05, 4.69) is 20.8 Å². The van der Waals surface area contributed by atoms with Gasteiger partial charge in [0, 0.05) is 13.6 Å². The van der Waals surface area contributed by atoms with Crippen LogP contribution in [0.15, 0.2) is 36.4 Å². The van der Waals surface area contributed by atoms with Gasteiger partial charge in [0.25, 0.3) is 5.91 Å². The average Bonchev–Trinajstić information content (AvgIpc) is 2.59. The van der Waals surface area contributed by atoms with Crippen LogP contribution in [0.1, 0.15) is 22.2 Å². The van der Waals surface area contributed by atoms with Crippen LogP contribution in [0.3, 0.4) is 0 Å². The van der Waals surface area contributed by atoms with Crippen LogP contribution in [-0.4, -0.2) is 41.9 Å². The van der Waals surface area contributed by atoms with E-state index >= 15 is 0 Å². The van der Waals surface area contributed by atoms with Gasteiger partial charge in [0.1, 0.15) is 11.6 Å². The highest BCUT2D eigenvalue weighted by molar-refractivity contribution is 5.91. The SMILES string of the molecule is CNC(=O)c1ccc(NCC(O)c2cccc(OC)c2)nn1. The van der Waals surface area contributed by atoms with Gasteiger partial charge in [-0.15, -0.1) is 10.2 Å². The van der Waals surface area contributed by atoms with Crippen LogP contribution in [0.4, 0.5) is 5.82 Å². The van der Waals surface area contributed by atoms with E-state index in [1.807, 2.05) is 18.2 Å². The zero-order valence-electron chi connectivity index (χ0n) is 12.4. The third kappa shape index (κ3) is 3.92. The molecule has 1 heterocycles. The van der Waals surface area contributed by atoms with Crippen LogP contribution in [0.2, 0.25) is 0 Å². The van der Waals surface area contributed by atoms with Gasteiger partial charge in [-0.05, 0) is 29.8 Å². The third-order valence-electron chi connectivity index (χ3n) is 3.08. The molecule has 116 valence electrons. The lowest BCUT2D eigenvalue weighted by molar-refractivity contribution is 0.0957. The molecule has 0 saturated carbocycles. The number of benzene rings is 1. The zero-order chi connectivity index (χ0) is 15.9. The second kappa shape index (κ2) is 7.37. The van der Waals surface area contributed by atoms with Crippen molar-refractivity contribution in [3.8, 4) is 5.75 Å². The fourth-order valence-electron chi connectivity index (χ4n) is 1.84. The number of amides is 1. The van der Waals surface area contributed by atoms with Crippen LogP contribution in [0.5, 0.6) is 5.75 Å². The molecule has 1 aromatic heterocycles. The maximum atomic E-state index is 11.4. The normalized spacial score (nSPS) is 11.6. The van der Waals surface area contributed by atoms with Gasteiger partial charge in [0.15, 0.2) is 5.69 Å². The number of aromatic nitrogens is 2. The van der Waals surface area contributed by atoms with Crippen molar-refractivity contribution in [1.29, 1.82) is 0 Å². The second-order valence-corrected chi connectivity index (χ2v) is 4.56. The Morgan fingerprint density at radius 2 is 2.14 bits per heavy atom. The van der Waals surface area contributed by atoms with Gasteiger partial charge in [0.05, 0.1) is 13.2 Å². The fourth-order valence-corrected chi connectivity index (χ4v) is 1.84. The summed E-state index contributed by atoms with van der Waals surface area (Å²) in [6, 6.07) is 10.4. The van der Waals surface area contributed by atoms with Gasteiger partial charge in [0.2, 0.25) is 0 Å². The first-order valence-corrected chi connectivity index (χ1v) is 6.75. The lowest BCUT2D eigenvalue weighted by Crippen LogP contribution is -2.20. The van der Waals surface area contributed by atoms with E-state index in [0.29, 0.717) is 11.6 Å². The van der Waals surface area contributed by atoms with Gasteiger partial charge in [-0.2, -0.15) is 0 Å². The van der Waals surface area contributed by atoms with Gasteiger partial charge >= 0.3 is 0 Å². The summed E-state index contributed by atoms with van der Waals surface area (Å²) in [6.07, 6.45) is -0.712. The number of aliphatic hydroxyl groups is 1. The van der Waals surface area contributed by atoms with E-state index in [-0.39, 0.29) is 18.1 Å². The third-order valence-corrected chi connectivity index (χ3v) is 3.08. The molecule has 2 rings (SSSR count). The lowest BCUT2D eigenvalue weighted by Gasteiger charge is -2.13. The van der Waals surface area contributed by atoms with Crippen LogP contribution in [-0.2, 0) is 0 Å². The van der Waals surface area contributed by atoms with Crippen LogP contribution in [0, 0.1) is 0 Å². The highest BCUT2D eigenvalue weighted by atomic mass is 16.5. The predicted molar refractivity (Wildman–Crippen MR) is 81.9 cm³/mol. The Bertz CT molecular complexity index is 631. The Morgan fingerprint density at radius 1 is 1.32 bits per heavy atom. The van der Waals surface area contributed by atoms with Crippen molar-refractivity contribution in [2.24, 2.45) is 0 Å². The minimum atomic E-state index is -0.712. The van der Waals surface area contributed by atoms with Crippen molar-refractivity contribution in [2.45, 2.75) is 6.10 Å². The summed E-state index contributed by atoms with van der Waals surface area (Å²) in [5, 5.41) is 23.3. The first-order valence-electron chi connectivity index (χ1n) is 6.75. The van der Waals surface area contributed by atoms with Crippen molar-refractivity contribution in [1.82, 2.24) is 15.5 Å². The summed E-state index contributed by atoms with van der Waals surface area (Å²) in [4.78, 5) is 11.4. The number of ether oxygens (including phenoxy) is 1. The van der Waals surface area contributed by atoms with Crippen molar-refractivity contribution in [3.05, 3.63) is 47.7 Å². The topological polar surface area (TPSA) is 96.4 Å². The summed E-state index contributed by atoms with van der Waals surface area (Å²) >= 11 is 0. The van der Waals surface area contributed by atoms with E-state index in [1.165, 1.54) is 7.05 Å². The molecule has 1 atom stereocenters. The number of methoxy groups -OCH3 is 1. The van der Waals surface area contributed by atoms with Crippen LogP contribution in [0.25, 0.3) is 0 Å². The van der Waals surface area contributed by atoms with Gasteiger partial charge in [-0.3, -0.25) is 4.79 Å². The largest absolute Gasteiger partial charge is 0.497 e. The number of carbonyl (C=O) groups excluding carboxylic acids is 1. The number of aliphatic hydroxyl groups excluding tert-OH is 1. The van der Waals surface area contributed by atoms with E-state index in [0.717, 1.165) is 5.56 Å². The first kappa shape index (κ1) is 15.7. The van der Waals surface area contributed by atoms with E-state index < -0.39 is 6.10 Å². The first-order chi connectivity index (χ1) is 10.6. The average molecular weight is 302 g/mol. The fraction of sp³-hybridized carbons (Fsp3) is 0.267. The minimum absolute atomic E-state index is 0.237. The molecule has 7 heteroatoms. The van der Waals surface area contributed by atoms with Crippen molar-refractivity contribution in [3.63, 3.8) is 0 Å². The smallest absolute Gasteiger partial charge is 0.271 e. The number of nitrogens with one attached hydrogen (secondary N) is 2. The number of carbonyl (C=O) groups is 1. The molecule has 22 heavy (non-hydrogen) atoms. The van der Waals surface area contributed by atoms with Gasteiger partial charge in [-0.25, -0.2) is 0 Å². The Hall–Kier alpha value is -2.67. The minimum Gasteiger partial charge on any atom is -0.497 e. The molecule has 0 spiro atoms. The molecule has 0 saturated heterocycles. The Morgan fingerprint density at radius 3 is 2.77 bits per heavy atom. The van der Waals surface area contributed by atoms with Gasteiger partial charge < -0.3 is 20.5 Å². The monoisotopic (exact) mass is 302 g/mol. The maximum Gasteiger partial charge on any atom is 0.271 e. The molecule has 3 N–H and O–H groups in total. The molecule has 2 aromatic rings. The molecule has 0 aliphatic heterocycles. The quantitative estimate of drug-likeness (QED) is 0.736. The number of nitrogens with zero attached hydrogens (tertiary/aromatic N) is 2. The highest BCUT2D eigenvalue weighted by Gasteiger charge is 2.10. The standard InChI is InChI=1S/C15H18N4O3/c1-16-15(21)12-6-7-14(19-18-12)17-9-13(20)10-4-3-5-11(8-10)22-2/h3-8,13,20H,9H2,1-2H3,(H,16,21)(H,17,19). The van der Waals surface area contributed by atoms with Crippen molar-refractivity contribution < 1.29 is 14.6 Å². The van der Waals surface area contributed by atoms with E-state index in [1.54, 1.807) is 25.3 Å². The Balaban J connectivity index is 1.95. The van der Waals surface area contributed by atoms with Gasteiger partial charge in [-0.1, -0.05) is 12.1 Å². The number of hydrogen-bond acceptors (Lipinski definition) is 6. The molecule has 1 unspecified atom stereocenters. The van der Waals surface area contributed by atoms with E-state index in [4.69, 9.17) is 4.74 Å². The molecule has 0 bridgehead atoms. The Kier molecular flexibility index (Phi) is 5.26. The number of hydrogen-bond donors (Lipinski definition) is 3. The zero-order valence-corrected chi connectivity index (χ0v) is 12.4. The molecule has 7 nitrogen and oxygen atoms in total. The molecule has 1 amide bonds. The molecular formula is C15H18N4O3.